The number of para-hydroxylation sites is 1. The lowest BCUT2D eigenvalue weighted by molar-refractivity contribution is -0.145. The van der Waals surface area contributed by atoms with E-state index in [1.54, 1.807) is 12.3 Å². The number of carbonyl (C=O) groups excluding carboxylic acids is 4. The van der Waals surface area contributed by atoms with Gasteiger partial charge in [-0.3, -0.25) is 19.2 Å². The fourth-order valence-electron chi connectivity index (χ4n) is 3.55. The molecule has 202 valence electrons. The molecule has 0 aliphatic rings. The van der Waals surface area contributed by atoms with E-state index in [1.165, 1.54) is 0 Å². The number of H-pyrrole nitrogens is 1. The van der Waals surface area contributed by atoms with Crippen molar-refractivity contribution in [3.8, 4) is 0 Å². The Labute approximate surface area is 211 Å². The molecule has 37 heavy (non-hydrogen) atoms. The van der Waals surface area contributed by atoms with Crippen molar-refractivity contribution in [1.82, 2.24) is 20.9 Å². The van der Waals surface area contributed by atoms with Crippen molar-refractivity contribution < 1.29 is 39.3 Å². The molecule has 0 fully saturated rings. The maximum absolute atomic E-state index is 13.1. The first-order valence-electron chi connectivity index (χ1n) is 11.5. The molecule has 0 saturated heterocycles. The van der Waals surface area contributed by atoms with Gasteiger partial charge in [-0.2, -0.15) is 0 Å². The van der Waals surface area contributed by atoms with Crippen molar-refractivity contribution in [3.05, 3.63) is 36.0 Å². The topological polar surface area (TPSA) is 250 Å². The molecule has 4 amide bonds. The van der Waals surface area contributed by atoms with E-state index in [0.717, 1.165) is 17.8 Å². The number of rotatable bonds is 14. The number of aliphatic hydroxyl groups is 2. The van der Waals surface area contributed by atoms with Gasteiger partial charge in [-0.15, -0.1) is 0 Å². The first-order chi connectivity index (χ1) is 17.4. The summed E-state index contributed by atoms with van der Waals surface area (Å²) in [6.07, 6.45) is -0.0303. The highest BCUT2D eigenvalue weighted by atomic mass is 16.4. The van der Waals surface area contributed by atoms with E-state index in [1.807, 2.05) is 23.5 Å². The first-order valence-corrected chi connectivity index (χ1v) is 11.5. The molecule has 11 N–H and O–H groups in total. The predicted octanol–water partition coefficient (Wildman–Crippen LogP) is -2.78. The third-order valence-corrected chi connectivity index (χ3v) is 5.63. The summed E-state index contributed by atoms with van der Waals surface area (Å²) >= 11 is 0. The Morgan fingerprint density at radius 2 is 1.62 bits per heavy atom. The van der Waals surface area contributed by atoms with Gasteiger partial charge in [0.25, 0.3) is 0 Å². The van der Waals surface area contributed by atoms with E-state index in [2.05, 4.69) is 15.6 Å². The highest BCUT2D eigenvalue weighted by Gasteiger charge is 2.32. The minimum atomic E-state index is -1.68. The second kappa shape index (κ2) is 13.3. The number of nitrogens with two attached hydrogens (primary N) is 2. The van der Waals surface area contributed by atoms with Crippen molar-refractivity contribution in [2.24, 2.45) is 11.5 Å². The molecular weight excluding hydrogens is 488 g/mol. The maximum Gasteiger partial charge on any atom is 0.328 e. The van der Waals surface area contributed by atoms with E-state index < -0.39 is 66.5 Å². The Morgan fingerprint density at radius 1 is 1.00 bits per heavy atom. The minimum Gasteiger partial charge on any atom is -0.480 e. The van der Waals surface area contributed by atoms with Crippen LogP contribution in [-0.2, 0) is 30.4 Å². The van der Waals surface area contributed by atoms with E-state index in [9.17, 15) is 34.2 Å². The van der Waals surface area contributed by atoms with E-state index in [4.69, 9.17) is 16.6 Å². The Bertz CT molecular complexity index is 1130. The Kier molecular flexibility index (Phi) is 10.5. The van der Waals surface area contributed by atoms with Gasteiger partial charge in [-0.1, -0.05) is 18.2 Å². The molecule has 0 saturated carbocycles. The maximum atomic E-state index is 13.1. The third-order valence-electron chi connectivity index (χ3n) is 5.63. The standard InChI is InChI=1S/C23H32N6O8/c1-11(31)19(23(36)37)29-22(35)17(10-30)28-21(34)16(27-20(33)14(24)6-7-18(25)32)8-12-9-26-15-5-3-2-4-13(12)15/h2-5,9,11,14,16-17,19,26,30-31H,6-8,10,24H2,1H3,(H2,25,32)(H,27,33)(H,28,34)(H,29,35)(H,36,37). The molecule has 0 bridgehead atoms. The van der Waals surface area contributed by atoms with Gasteiger partial charge in [0.15, 0.2) is 6.04 Å². The number of aromatic nitrogens is 1. The zero-order chi connectivity index (χ0) is 27.7. The molecule has 2 rings (SSSR count). The molecule has 2 aromatic rings. The highest BCUT2D eigenvalue weighted by Crippen LogP contribution is 2.19. The molecule has 14 nitrogen and oxygen atoms in total. The monoisotopic (exact) mass is 520 g/mol. The molecule has 0 radical (unpaired) electrons. The Hall–Kier alpha value is -4.01. The number of aromatic amines is 1. The number of nitrogens with one attached hydrogen (secondary N) is 4. The smallest absolute Gasteiger partial charge is 0.328 e. The number of aliphatic carboxylic acids is 1. The SMILES string of the molecule is CC(O)C(NC(=O)C(CO)NC(=O)C(Cc1c[nH]c2ccccc12)NC(=O)C(N)CCC(N)=O)C(=O)O. The number of carbonyl (C=O) groups is 5. The Balaban J connectivity index is 2.23. The van der Waals surface area contributed by atoms with Crippen molar-refractivity contribution in [1.29, 1.82) is 0 Å². The third kappa shape index (κ3) is 8.27. The van der Waals surface area contributed by atoms with Gasteiger partial charge in [0.1, 0.15) is 12.1 Å². The van der Waals surface area contributed by atoms with Gasteiger partial charge >= 0.3 is 5.97 Å². The number of benzene rings is 1. The average molecular weight is 521 g/mol. The lowest BCUT2D eigenvalue weighted by Crippen LogP contribution is -2.59. The largest absolute Gasteiger partial charge is 0.480 e. The summed E-state index contributed by atoms with van der Waals surface area (Å²) in [5.74, 6) is -4.82. The van der Waals surface area contributed by atoms with Crippen LogP contribution in [0.3, 0.4) is 0 Å². The van der Waals surface area contributed by atoms with Crippen LogP contribution in [-0.4, -0.2) is 86.8 Å². The fraction of sp³-hybridized carbons (Fsp3) is 0.435. The van der Waals surface area contributed by atoms with Crippen LogP contribution in [0.5, 0.6) is 0 Å². The number of amides is 4. The summed E-state index contributed by atoms with van der Waals surface area (Å²) in [6, 6.07) is 1.56. The summed E-state index contributed by atoms with van der Waals surface area (Å²) in [5, 5.41) is 36.0. The second-order valence-corrected chi connectivity index (χ2v) is 8.55. The molecule has 5 unspecified atom stereocenters. The van der Waals surface area contributed by atoms with Crippen LogP contribution in [0, 0.1) is 0 Å². The number of carboxylic acid groups (broad SMARTS) is 1. The number of aliphatic hydroxyl groups excluding tert-OH is 2. The lowest BCUT2D eigenvalue weighted by Gasteiger charge is -2.25. The van der Waals surface area contributed by atoms with Gasteiger partial charge < -0.3 is 47.7 Å². The van der Waals surface area contributed by atoms with Gasteiger partial charge in [0, 0.05) is 29.9 Å². The molecule has 5 atom stereocenters. The molecule has 0 spiro atoms. The average Bonchev–Trinajstić information content (AvgIpc) is 3.25. The van der Waals surface area contributed by atoms with Gasteiger partial charge in [-0.25, -0.2) is 4.79 Å². The first kappa shape index (κ1) is 29.2. The zero-order valence-corrected chi connectivity index (χ0v) is 20.1. The fourth-order valence-corrected chi connectivity index (χ4v) is 3.55. The second-order valence-electron chi connectivity index (χ2n) is 8.55. The minimum absolute atomic E-state index is 0.0324. The highest BCUT2D eigenvalue weighted by molar-refractivity contribution is 5.95. The quantitative estimate of drug-likeness (QED) is 0.125. The summed E-state index contributed by atoms with van der Waals surface area (Å²) in [5.41, 5.74) is 12.4. The van der Waals surface area contributed by atoms with Crippen LogP contribution in [0.15, 0.2) is 30.5 Å². The van der Waals surface area contributed by atoms with Gasteiger partial charge in [0.05, 0.1) is 18.8 Å². The van der Waals surface area contributed by atoms with Crippen LogP contribution < -0.4 is 27.4 Å². The number of primary amides is 1. The summed E-state index contributed by atoms with van der Waals surface area (Å²) in [6.45, 7) is 0.259. The van der Waals surface area contributed by atoms with Crippen LogP contribution in [0.4, 0.5) is 0 Å². The van der Waals surface area contributed by atoms with Crippen LogP contribution >= 0.6 is 0 Å². The molecular formula is C23H32N6O8. The Morgan fingerprint density at radius 3 is 2.22 bits per heavy atom. The number of carboxylic acids is 1. The molecule has 1 aromatic heterocycles. The van der Waals surface area contributed by atoms with E-state index in [-0.39, 0.29) is 19.3 Å². The number of hydrogen-bond donors (Lipinski definition) is 9. The van der Waals surface area contributed by atoms with Gasteiger partial charge in [-0.05, 0) is 25.0 Å². The summed E-state index contributed by atoms with van der Waals surface area (Å²) in [4.78, 5) is 63.6. The lowest BCUT2D eigenvalue weighted by atomic mass is 10.0. The summed E-state index contributed by atoms with van der Waals surface area (Å²) < 4.78 is 0. The molecule has 14 heteroatoms. The summed E-state index contributed by atoms with van der Waals surface area (Å²) in [7, 11) is 0. The van der Waals surface area contributed by atoms with Crippen LogP contribution in [0.2, 0.25) is 0 Å². The van der Waals surface area contributed by atoms with Crippen molar-refractivity contribution in [2.75, 3.05) is 6.61 Å². The predicted molar refractivity (Wildman–Crippen MR) is 131 cm³/mol. The molecule has 0 aliphatic heterocycles. The van der Waals surface area contributed by atoms with E-state index >= 15 is 0 Å². The molecule has 1 heterocycles. The van der Waals surface area contributed by atoms with Crippen molar-refractivity contribution in [2.45, 2.75) is 56.5 Å². The van der Waals surface area contributed by atoms with E-state index in [0.29, 0.717) is 5.56 Å². The zero-order valence-electron chi connectivity index (χ0n) is 20.1. The van der Waals surface area contributed by atoms with Gasteiger partial charge in [0.2, 0.25) is 23.6 Å². The molecule has 0 aliphatic carbocycles. The molecule has 1 aromatic carbocycles. The van der Waals surface area contributed by atoms with Crippen LogP contribution in [0.1, 0.15) is 25.3 Å². The number of fused-ring (bicyclic) bond motifs is 1. The number of hydrogen-bond acceptors (Lipinski definition) is 8. The normalized spacial score (nSPS) is 15.1. The van der Waals surface area contributed by atoms with Crippen LogP contribution in [0.25, 0.3) is 10.9 Å². The van der Waals surface area contributed by atoms with Crippen molar-refractivity contribution in [3.63, 3.8) is 0 Å². The van der Waals surface area contributed by atoms with Crippen molar-refractivity contribution >= 4 is 40.5 Å².